The van der Waals surface area contributed by atoms with E-state index in [1.54, 1.807) is 0 Å². The Morgan fingerprint density at radius 1 is 1.00 bits per heavy atom. The first kappa shape index (κ1) is 19.0. The van der Waals surface area contributed by atoms with Gasteiger partial charge in [-0.2, -0.15) is 0 Å². The number of piperidine rings is 1. The number of β-amino-alcohol motifs (C(OH)–C–C–N with tert-alkyl or cyclic N) is 1. The summed E-state index contributed by atoms with van der Waals surface area (Å²) in [7, 11) is 1.34. The van der Waals surface area contributed by atoms with Crippen LogP contribution in [-0.2, 0) is 9.47 Å². The normalized spacial score (nSPS) is 46.0. The lowest BCUT2D eigenvalue weighted by Crippen LogP contribution is -2.59. The minimum atomic E-state index is -1.36. The number of aliphatic hydroxyl groups is 6. The topological polar surface area (TPSA) is 143 Å². The molecule has 0 aromatic heterocycles. The van der Waals surface area contributed by atoms with Crippen LogP contribution in [0.4, 0.5) is 0 Å². The average Bonchev–Trinajstić information content (AvgIpc) is 2.55. The Morgan fingerprint density at radius 3 is 2.30 bits per heavy atom. The van der Waals surface area contributed by atoms with Crippen LogP contribution in [0.15, 0.2) is 0 Å². The SMILES string of the molecule is CO[C@H]1O[C@@H](CCN2C[C@H](CO)[C@@H](O)[C@H](O)C2)[C@@H](O)[C@@H](O)[C@H]1O. The van der Waals surface area contributed by atoms with Crippen molar-refractivity contribution in [2.75, 3.05) is 33.4 Å². The number of rotatable bonds is 5. The van der Waals surface area contributed by atoms with Crippen LogP contribution in [0, 0.1) is 5.92 Å². The van der Waals surface area contributed by atoms with Gasteiger partial charge < -0.3 is 45.0 Å². The molecule has 0 bridgehead atoms. The third-order valence-corrected chi connectivity index (χ3v) is 4.68. The zero-order valence-electron chi connectivity index (χ0n) is 13.1. The number of aliphatic hydroxyl groups excluding tert-OH is 6. The summed E-state index contributed by atoms with van der Waals surface area (Å²) < 4.78 is 10.4. The number of hydrogen-bond acceptors (Lipinski definition) is 9. The summed E-state index contributed by atoms with van der Waals surface area (Å²) in [5, 5.41) is 58.4. The second-order valence-corrected chi connectivity index (χ2v) is 6.30. The average molecular weight is 337 g/mol. The van der Waals surface area contributed by atoms with Crippen molar-refractivity contribution in [3.05, 3.63) is 0 Å². The first-order chi connectivity index (χ1) is 10.9. The van der Waals surface area contributed by atoms with Crippen LogP contribution in [0.25, 0.3) is 0 Å². The highest BCUT2D eigenvalue weighted by Crippen LogP contribution is 2.25. The van der Waals surface area contributed by atoms with Crippen molar-refractivity contribution in [3.63, 3.8) is 0 Å². The van der Waals surface area contributed by atoms with Crippen LogP contribution in [0.1, 0.15) is 6.42 Å². The molecule has 8 atom stereocenters. The second kappa shape index (κ2) is 8.15. The molecule has 2 aliphatic heterocycles. The molecule has 0 saturated carbocycles. The first-order valence-corrected chi connectivity index (χ1v) is 7.80. The summed E-state index contributed by atoms with van der Waals surface area (Å²) in [5.41, 5.74) is 0. The van der Waals surface area contributed by atoms with Gasteiger partial charge in [0.15, 0.2) is 6.29 Å². The molecule has 0 aromatic rings. The number of methoxy groups -OCH3 is 1. The van der Waals surface area contributed by atoms with Crippen molar-refractivity contribution in [1.82, 2.24) is 4.90 Å². The minimum absolute atomic E-state index is 0.228. The summed E-state index contributed by atoms with van der Waals surface area (Å²) in [6.07, 6.45) is -7.24. The van der Waals surface area contributed by atoms with Gasteiger partial charge in [0.05, 0.1) is 18.3 Å². The van der Waals surface area contributed by atoms with Crippen molar-refractivity contribution in [2.24, 2.45) is 5.92 Å². The number of hydrogen-bond donors (Lipinski definition) is 6. The highest BCUT2D eigenvalue weighted by molar-refractivity contribution is 4.91. The highest BCUT2D eigenvalue weighted by Gasteiger charge is 2.44. The molecule has 6 N–H and O–H groups in total. The van der Waals surface area contributed by atoms with Crippen LogP contribution in [0.2, 0.25) is 0 Å². The Hall–Kier alpha value is -0.360. The van der Waals surface area contributed by atoms with Gasteiger partial charge in [0.1, 0.15) is 18.3 Å². The summed E-state index contributed by atoms with van der Waals surface area (Å²) >= 11 is 0. The van der Waals surface area contributed by atoms with Crippen LogP contribution in [0.5, 0.6) is 0 Å². The van der Waals surface area contributed by atoms with E-state index in [1.165, 1.54) is 7.11 Å². The highest BCUT2D eigenvalue weighted by atomic mass is 16.7. The lowest BCUT2D eigenvalue weighted by molar-refractivity contribution is -0.291. The van der Waals surface area contributed by atoms with Gasteiger partial charge in [-0.15, -0.1) is 0 Å². The molecule has 0 amide bonds. The Labute approximate surface area is 134 Å². The van der Waals surface area contributed by atoms with Crippen LogP contribution in [0.3, 0.4) is 0 Å². The van der Waals surface area contributed by atoms with Gasteiger partial charge in [-0.3, -0.25) is 0 Å². The lowest BCUT2D eigenvalue weighted by atomic mass is 9.92. The van der Waals surface area contributed by atoms with Crippen molar-refractivity contribution < 1.29 is 40.1 Å². The fraction of sp³-hybridized carbons (Fsp3) is 1.00. The van der Waals surface area contributed by atoms with Gasteiger partial charge in [-0.1, -0.05) is 0 Å². The molecule has 0 spiro atoms. The number of ether oxygens (including phenoxy) is 2. The van der Waals surface area contributed by atoms with E-state index in [4.69, 9.17) is 9.47 Å². The fourth-order valence-electron chi connectivity index (χ4n) is 3.21. The van der Waals surface area contributed by atoms with Gasteiger partial charge >= 0.3 is 0 Å². The van der Waals surface area contributed by atoms with Crippen molar-refractivity contribution >= 4 is 0 Å². The zero-order chi connectivity index (χ0) is 17.1. The quantitative estimate of drug-likeness (QED) is 0.301. The van der Waals surface area contributed by atoms with E-state index in [0.717, 1.165) is 0 Å². The largest absolute Gasteiger partial charge is 0.396 e. The summed E-state index contributed by atoms with van der Waals surface area (Å²) in [5.74, 6) is -0.435. The Bertz CT molecular complexity index is 371. The lowest BCUT2D eigenvalue weighted by Gasteiger charge is -2.42. The minimum Gasteiger partial charge on any atom is -0.396 e. The van der Waals surface area contributed by atoms with Crippen LogP contribution < -0.4 is 0 Å². The Balaban J connectivity index is 1.89. The molecule has 2 heterocycles. The molecular formula is C14H27NO8. The molecule has 136 valence electrons. The van der Waals surface area contributed by atoms with E-state index in [2.05, 4.69) is 0 Å². The Kier molecular flexibility index (Phi) is 6.72. The maximum Gasteiger partial charge on any atom is 0.186 e. The molecular weight excluding hydrogens is 310 g/mol. The fourth-order valence-corrected chi connectivity index (χ4v) is 3.21. The molecule has 0 aromatic carbocycles. The first-order valence-electron chi connectivity index (χ1n) is 7.80. The summed E-state index contributed by atoms with van der Waals surface area (Å²) in [4.78, 5) is 1.85. The van der Waals surface area contributed by atoms with Gasteiger partial charge in [0.2, 0.25) is 0 Å². The predicted octanol–water partition coefficient (Wildman–Crippen LogP) is -3.52. The Morgan fingerprint density at radius 2 is 1.70 bits per heavy atom. The molecule has 23 heavy (non-hydrogen) atoms. The van der Waals surface area contributed by atoms with Crippen molar-refractivity contribution in [1.29, 1.82) is 0 Å². The van der Waals surface area contributed by atoms with Gasteiger partial charge in [-0.25, -0.2) is 0 Å². The molecule has 0 unspecified atom stereocenters. The maximum absolute atomic E-state index is 10.0. The molecule has 2 fully saturated rings. The maximum atomic E-state index is 10.0. The third kappa shape index (κ3) is 4.19. The van der Waals surface area contributed by atoms with Gasteiger partial charge in [0, 0.05) is 39.3 Å². The van der Waals surface area contributed by atoms with E-state index >= 15 is 0 Å². The number of likely N-dealkylation sites (tertiary alicyclic amines) is 1. The molecule has 0 radical (unpaired) electrons. The van der Waals surface area contributed by atoms with E-state index in [9.17, 15) is 30.6 Å². The third-order valence-electron chi connectivity index (χ3n) is 4.68. The van der Waals surface area contributed by atoms with Crippen LogP contribution in [-0.4, -0.2) is 112 Å². The van der Waals surface area contributed by atoms with Crippen molar-refractivity contribution in [2.45, 2.75) is 49.3 Å². The number of nitrogens with zero attached hydrogens (tertiary/aromatic N) is 1. The van der Waals surface area contributed by atoms with Crippen molar-refractivity contribution in [3.8, 4) is 0 Å². The van der Waals surface area contributed by atoms with Gasteiger partial charge in [0.25, 0.3) is 0 Å². The van der Waals surface area contributed by atoms with Crippen LogP contribution >= 0.6 is 0 Å². The molecule has 2 saturated heterocycles. The molecule has 2 rings (SSSR count). The van der Waals surface area contributed by atoms with E-state index in [1.807, 2.05) is 4.90 Å². The monoisotopic (exact) mass is 337 g/mol. The second-order valence-electron chi connectivity index (χ2n) is 6.30. The molecule has 2 aliphatic rings. The predicted molar refractivity (Wildman–Crippen MR) is 77.3 cm³/mol. The molecule has 0 aliphatic carbocycles. The van der Waals surface area contributed by atoms with E-state index in [0.29, 0.717) is 19.5 Å². The van der Waals surface area contributed by atoms with Gasteiger partial charge in [-0.05, 0) is 6.42 Å². The molecule has 9 nitrogen and oxygen atoms in total. The van der Waals surface area contributed by atoms with E-state index < -0.39 is 48.8 Å². The van der Waals surface area contributed by atoms with E-state index in [-0.39, 0.29) is 13.2 Å². The standard InChI is InChI=1S/C14H27NO8/c1-22-14-13(21)12(20)11(19)9(23-14)2-3-15-4-7(6-16)10(18)8(17)5-15/h7-14,16-21H,2-6H2,1H3/t7-,8-,9+,10-,11-,12-,13-,14+/m1/s1. The zero-order valence-corrected chi connectivity index (χ0v) is 13.1. The summed E-state index contributed by atoms with van der Waals surface area (Å²) in [6.45, 7) is 0.866. The summed E-state index contributed by atoms with van der Waals surface area (Å²) in [6, 6.07) is 0. The smallest absolute Gasteiger partial charge is 0.186 e. The molecule has 9 heteroatoms.